The molecule has 0 aromatic heterocycles. The van der Waals surface area contributed by atoms with Crippen molar-refractivity contribution in [2.75, 3.05) is 0 Å². The number of sulfonamides is 1. The maximum Gasteiger partial charge on any atom is 0.256 e. The van der Waals surface area contributed by atoms with Crippen LogP contribution < -0.4 is 0 Å². The summed E-state index contributed by atoms with van der Waals surface area (Å²) in [5.74, 6) is 0. The lowest BCUT2D eigenvalue weighted by molar-refractivity contribution is 0.114. The van der Waals surface area contributed by atoms with Crippen molar-refractivity contribution < 1.29 is 16.8 Å². The second-order valence-electron chi connectivity index (χ2n) is 6.29. The molecule has 2 aromatic rings. The molecule has 2 aromatic carbocycles. The van der Waals surface area contributed by atoms with E-state index in [0.29, 0.717) is 0 Å². The molecule has 1 heterocycles. The average molecular weight is 365 g/mol. The molecule has 128 valence electrons. The summed E-state index contributed by atoms with van der Waals surface area (Å²) in [6.07, 6.45) is 0. The van der Waals surface area contributed by atoms with Crippen LogP contribution in [-0.2, 0) is 25.5 Å². The summed E-state index contributed by atoms with van der Waals surface area (Å²) in [5.41, 5.74) is 0.779. The van der Waals surface area contributed by atoms with Crippen LogP contribution in [0.25, 0.3) is 0 Å². The zero-order valence-electron chi connectivity index (χ0n) is 13.7. The minimum atomic E-state index is -3.96. The maximum absolute atomic E-state index is 13.1. The molecule has 0 radical (unpaired) electrons. The van der Waals surface area contributed by atoms with E-state index in [2.05, 4.69) is 0 Å². The lowest BCUT2D eigenvalue weighted by Gasteiger charge is -2.27. The van der Waals surface area contributed by atoms with Crippen LogP contribution in [-0.4, -0.2) is 21.9 Å². The Balaban J connectivity index is 2.13. The van der Waals surface area contributed by atoms with Gasteiger partial charge in [-0.05, 0) is 38.5 Å². The fraction of sp³-hybridized carbons (Fsp3) is 0.294. The van der Waals surface area contributed by atoms with Crippen molar-refractivity contribution in [1.82, 2.24) is 3.71 Å². The molecule has 0 bridgehead atoms. The third kappa shape index (κ3) is 2.93. The molecule has 1 aliphatic heterocycles. The summed E-state index contributed by atoms with van der Waals surface area (Å²) in [4.78, 5) is 0.101. The smallest absolute Gasteiger partial charge is 0.256 e. The first-order valence-corrected chi connectivity index (χ1v) is 9.98. The van der Waals surface area contributed by atoms with Gasteiger partial charge in [0.1, 0.15) is 5.60 Å². The highest BCUT2D eigenvalue weighted by Gasteiger charge is 2.53. The molecule has 1 fully saturated rings. The van der Waals surface area contributed by atoms with Crippen LogP contribution in [0.1, 0.15) is 31.0 Å². The summed E-state index contributed by atoms with van der Waals surface area (Å²) in [6, 6.07) is 14.9. The Kier molecular flexibility index (Phi) is 4.37. The Labute approximate surface area is 145 Å². The quantitative estimate of drug-likeness (QED) is 0.838. The van der Waals surface area contributed by atoms with E-state index in [4.69, 9.17) is 4.18 Å². The summed E-state index contributed by atoms with van der Waals surface area (Å²) < 4.78 is 45.1. The Morgan fingerprint density at radius 3 is 2.21 bits per heavy atom. The van der Waals surface area contributed by atoms with Gasteiger partial charge in [0.2, 0.25) is 0 Å². The molecule has 2 atom stereocenters. The van der Waals surface area contributed by atoms with Gasteiger partial charge in [-0.3, -0.25) is 4.18 Å². The maximum atomic E-state index is 13.1. The van der Waals surface area contributed by atoms with Crippen LogP contribution in [0.4, 0.5) is 0 Å². The molecule has 0 spiro atoms. The van der Waals surface area contributed by atoms with Crippen LogP contribution in [0.15, 0.2) is 59.5 Å². The van der Waals surface area contributed by atoms with E-state index in [9.17, 15) is 12.6 Å². The SMILES string of the molecule is Cc1ccc(S(=O)(=O)N2C(c3ccccc3)C(C)(C)OS2=O)cc1. The normalized spacial score (nSPS) is 24.1. The number of hydrogen-bond donors (Lipinski definition) is 0. The number of rotatable bonds is 3. The molecule has 0 aliphatic carbocycles. The van der Waals surface area contributed by atoms with Crippen LogP contribution in [0.5, 0.6) is 0 Å². The fourth-order valence-corrected chi connectivity index (χ4v) is 6.21. The lowest BCUT2D eigenvalue weighted by Crippen LogP contribution is -2.37. The van der Waals surface area contributed by atoms with Crippen LogP contribution >= 0.6 is 0 Å². The number of nitrogens with zero attached hydrogens (tertiary/aromatic N) is 1. The van der Waals surface area contributed by atoms with Crippen molar-refractivity contribution in [1.29, 1.82) is 0 Å². The molecule has 2 unspecified atom stereocenters. The Morgan fingerprint density at radius 2 is 1.62 bits per heavy atom. The molecule has 0 amide bonds. The first-order valence-electron chi connectivity index (χ1n) is 7.51. The van der Waals surface area contributed by atoms with Gasteiger partial charge in [0, 0.05) is 0 Å². The summed E-state index contributed by atoms with van der Waals surface area (Å²) >= 11 is -2.09. The van der Waals surface area contributed by atoms with Gasteiger partial charge in [0.15, 0.2) is 0 Å². The average Bonchev–Trinajstić information content (AvgIpc) is 2.78. The summed E-state index contributed by atoms with van der Waals surface area (Å²) in [6.45, 7) is 5.36. The molecule has 7 heteroatoms. The third-order valence-corrected chi connectivity index (χ3v) is 7.56. The van der Waals surface area contributed by atoms with Gasteiger partial charge in [-0.1, -0.05) is 51.7 Å². The fourth-order valence-electron chi connectivity index (χ4n) is 2.80. The van der Waals surface area contributed by atoms with Crippen molar-refractivity contribution in [3.05, 3.63) is 65.7 Å². The van der Waals surface area contributed by atoms with E-state index in [0.717, 1.165) is 14.8 Å². The van der Waals surface area contributed by atoms with Crippen molar-refractivity contribution in [3.8, 4) is 0 Å². The molecular formula is C17H19NO4S2. The minimum Gasteiger partial charge on any atom is -0.269 e. The van der Waals surface area contributed by atoms with Crippen molar-refractivity contribution in [2.45, 2.75) is 37.3 Å². The lowest BCUT2D eigenvalue weighted by atomic mass is 9.93. The second-order valence-corrected chi connectivity index (χ2v) is 9.33. The predicted octanol–water partition coefficient (Wildman–Crippen LogP) is 3.11. The highest BCUT2D eigenvalue weighted by atomic mass is 32.3. The summed E-state index contributed by atoms with van der Waals surface area (Å²) in [7, 11) is -3.96. The monoisotopic (exact) mass is 365 g/mol. The van der Waals surface area contributed by atoms with E-state index in [-0.39, 0.29) is 4.90 Å². The van der Waals surface area contributed by atoms with Gasteiger partial charge in [-0.2, -0.15) is 0 Å². The van der Waals surface area contributed by atoms with E-state index in [1.807, 2.05) is 37.3 Å². The Morgan fingerprint density at radius 1 is 1.04 bits per heavy atom. The first-order chi connectivity index (χ1) is 11.2. The molecule has 0 N–H and O–H groups in total. The van der Waals surface area contributed by atoms with Crippen molar-refractivity contribution in [2.24, 2.45) is 0 Å². The molecule has 1 saturated heterocycles. The van der Waals surface area contributed by atoms with Crippen LogP contribution in [0.3, 0.4) is 0 Å². The highest BCUT2D eigenvalue weighted by Crippen LogP contribution is 2.45. The van der Waals surface area contributed by atoms with Crippen molar-refractivity contribution >= 4 is 21.3 Å². The summed E-state index contributed by atoms with van der Waals surface area (Å²) in [5, 5.41) is 0. The number of hydrogen-bond acceptors (Lipinski definition) is 4. The topological polar surface area (TPSA) is 63.7 Å². The molecule has 5 nitrogen and oxygen atoms in total. The van der Waals surface area contributed by atoms with E-state index < -0.39 is 32.9 Å². The first kappa shape index (κ1) is 17.3. The van der Waals surface area contributed by atoms with Crippen LogP contribution in [0.2, 0.25) is 0 Å². The van der Waals surface area contributed by atoms with Crippen LogP contribution in [0, 0.1) is 6.92 Å². The van der Waals surface area contributed by atoms with Gasteiger partial charge in [-0.25, -0.2) is 12.6 Å². The molecule has 24 heavy (non-hydrogen) atoms. The predicted molar refractivity (Wildman–Crippen MR) is 92.7 cm³/mol. The largest absolute Gasteiger partial charge is 0.269 e. The number of aryl methyl sites for hydroxylation is 1. The zero-order chi connectivity index (χ0) is 17.5. The minimum absolute atomic E-state index is 0.101. The zero-order valence-corrected chi connectivity index (χ0v) is 15.3. The molecule has 1 aliphatic rings. The van der Waals surface area contributed by atoms with E-state index in [1.165, 1.54) is 12.1 Å². The molecule has 3 rings (SSSR count). The van der Waals surface area contributed by atoms with Gasteiger partial charge < -0.3 is 0 Å². The van der Waals surface area contributed by atoms with E-state index >= 15 is 0 Å². The standard InChI is InChI=1S/C17H19NO4S2/c1-13-9-11-15(12-10-13)24(20,21)18-16(14-7-5-4-6-8-14)17(2,3)22-23(18)19/h4-12,16H,1-3H3. The van der Waals surface area contributed by atoms with Gasteiger partial charge >= 0.3 is 0 Å². The molecular weight excluding hydrogens is 346 g/mol. The highest BCUT2D eigenvalue weighted by molar-refractivity contribution is 7.99. The van der Waals surface area contributed by atoms with Crippen molar-refractivity contribution in [3.63, 3.8) is 0 Å². The van der Waals surface area contributed by atoms with Gasteiger partial charge in [0.05, 0.1) is 10.9 Å². The van der Waals surface area contributed by atoms with Gasteiger partial charge in [-0.15, -0.1) is 0 Å². The Hall–Kier alpha value is -1.54. The van der Waals surface area contributed by atoms with Gasteiger partial charge in [0.25, 0.3) is 21.3 Å². The van der Waals surface area contributed by atoms with E-state index in [1.54, 1.807) is 26.0 Å². The number of benzene rings is 2. The second kappa shape index (κ2) is 6.07. The Bertz CT molecular complexity index is 861. The third-order valence-electron chi connectivity index (χ3n) is 3.97. The molecule has 0 saturated carbocycles.